The second-order valence-corrected chi connectivity index (χ2v) is 13.3. The number of hydrogen-bond acceptors (Lipinski definition) is 5. The molecule has 0 spiro atoms. The van der Waals surface area contributed by atoms with Crippen LogP contribution in [0.15, 0.2) is 115 Å². The number of benzene rings is 4. The molecule has 49 heavy (non-hydrogen) atoms. The van der Waals surface area contributed by atoms with E-state index in [0.29, 0.717) is 0 Å². The van der Waals surface area contributed by atoms with Crippen molar-refractivity contribution in [1.29, 1.82) is 0 Å². The second kappa shape index (κ2) is 16.5. The first-order chi connectivity index (χ1) is 23.4. The zero-order valence-electron chi connectivity index (χ0n) is 28.4. The zero-order chi connectivity index (χ0) is 33.6. The minimum Gasteiger partial charge on any atom is -0.512 e. The van der Waals surface area contributed by atoms with Crippen molar-refractivity contribution >= 4 is 27.3 Å². The molecule has 251 valence electrons. The summed E-state index contributed by atoms with van der Waals surface area (Å²) in [6.07, 6.45) is 6.75. The summed E-state index contributed by atoms with van der Waals surface area (Å²) in [6, 6.07) is 37.8. The molecule has 6 aromatic rings. The molecular weight excluding hydrogens is 801 g/mol. The van der Waals surface area contributed by atoms with E-state index in [9.17, 15) is 9.90 Å². The van der Waals surface area contributed by atoms with Crippen molar-refractivity contribution in [2.75, 3.05) is 0 Å². The van der Waals surface area contributed by atoms with Crippen LogP contribution in [0.2, 0.25) is 0 Å². The number of nitrogens with zero attached hydrogens (tertiary/aromatic N) is 2. The van der Waals surface area contributed by atoms with E-state index in [0.717, 1.165) is 63.3 Å². The smallest absolute Gasteiger partial charge is 0.162 e. The van der Waals surface area contributed by atoms with Crippen LogP contribution in [0, 0.1) is 17.9 Å². The van der Waals surface area contributed by atoms with E-state index in [1.165, 1.54) is 33.9 Å². The van der Waals surface area contributed by atoms with Crippen molar-refractivity contribution in [1.82, 2.24) is 9.97 Å². The van der Waals surface area contributed by atoms with Gasteiger partial charge >= 0.3 is 0 Å². The van der Waals surface area contributed by atoms with E-state index in [2.05, 4.69) is 91.0 Å². The molecule has 1 aliphatic heterocycles. The number of carbonyl (C=O) groups is 1. The van der Waals surface area contributed by atoms with Crippen molar-refractivity contribution in [2.45, 2.75) is 53.4 Å². The number of thiazole rings is 1. The van der Waals surface area contributed by atoms with Crippen LogP contribution >= 0.6 is 11.3 Å². The monoisotopic (exact) mass is 842 g/mol. The van der Waals surface area contributed by atoms with Crippen LogP contribution in [0.4, 0.5) is 0 Å². The second-order valence-electron chi connectivity index (χ2n) is 12.3. The summed E-state index contributed by atoms with van der Waals surface area (Å²) in [7, 11) is 0. The molecule has 0 saturated heterocycles. The topological polar surface area (TPSA) is 63.1 Å². The molecule has 0 saturated carbocycles. The summed E-state index contributed by atoms with van der Waals surface area (Å²) < 4.78 is 1.09. The predicted octanol–water partition coefficient (Wildman–Crippen LogP) is 12.0. The fourth-order valence-corrected chi connectivity index (χ4v) is 7.38. The quantitative estimate of drug-likeness (QED) is 0.0986. The predicted molar refractivity (Wildman–Crippen MR) is 201 cm³/mol. The van der Waals surface area contributed by atoms with Gasteiger partial charge in [0, 0.05) is 60.2 Å². The Bertz CT molecular complexity index is 2090. The Kier molecular flexibility index (Phi) is 12.1. The number of pyridine rings is 1. The summed E-state index contributed by atoms with van der Waals surface area (Å²) in [6.45, 7) is 8.07. The number of allylic oxidation sites excluding steroid dienone is 2. The van der Waals surface area contributed by atoms with Crippen molar-refractivity contribution in [3.8, 4) is 55.2 Å². The standard InChI is InChI=1S/C30H17N2S.C13H24O2.Ir/c1-5-19-15-21(7-1)23-9-3-11-25(17-23)28-29-27(13-14-31-28)32-30(33-29)26-12-4-10-24(18-26)22-8-2-6-20(19)16-22;1-5-10(6-2)12(14)9-13(15)11(7-3)8-4;/h1-10,12-18H;9-11,14H,5-8H2,1-4H3;/q-1;;/b;12-9-;. The molecule has 0 unspecified atom stereocenters. The Morgan fingerprint density at radius 3 is 1.80 bits per heavy atom. The Labute approximate surface area is 307 Å². The molecule has 4 aromatic carbocycles. The Morgan fingerprint density at radius 2 is 1.24 bits per heavy atom. The summed E-state index contributed by atoms with van der Waals surface area (Å²) in [5, 5.41) is 10.8. The number of aromatic nitrogens is 2. The third kappa shape index (κ3) is 7.99. The fraction of sp³-hybridized carbons (Fsp3) is 0.233. The van der Waals surface area contributed by atoms with Crippen molar-refractivity contribution in [2.24, 2.45) is 11.8 Å². The van der Waals surface area contributed by atoms with Crippen LogP contribution in [-0.4, -0.2) is 20.9 Å². The van der Waals surface area contributed by atoms with Gasteiger partial charge in [-0.3, -0.25) is 4.79 Å². The van der Waals surface area contributed by atoms with Crippen molar-refractivity contribution < 1.29 is 30.0 Å². The molecule has 0 atom stereocenters. The number of fused-ring (bicyclic) bond motifs is 14. The molecule has 6 heteroatoms. The Morgan fingerprint density at radius 1 is 0.735 bits per heavy atom. The van der Waals surface area contributed by atoms with Crippen LogP contribution in [-0.2, 0) is 24.9 Å². The van der Waals surface area contributed by atoms with Gasteiger partial charge in [0.2, 0.25) is 0 Å². The molecule has 3 heterocycles. The van der Waals surface area contributed by atoms with Gasteiger partial charge in [-0.15, -0.1) is 46.7 Å². The SMILES string of the molecule is CCC(CC)C(=O)/C=C(\O)C(CC)CC.[Ir].[c-]1ccc2cc1-c1nccc3nc(sc13)-c1cccc(c1)-c1cccc(c1)-c1cccc-2c1. The van der Waals surface area contributed by atoms with Gasteiger partial charge in [0.1, 0.15) is 5.01 Å². The first-order valence-corrected chi connectivity index (χ1v) is 17.8. The molecule has 10 bridgehead atoms. The van der Waals surface area contributed by atoms with Crippen molar-refractivity contribution in [3.05, 3.63) is 121 Å². The summed E-state index contributed by atoms with van der Waals surface area (Å²) in [5.41, 5.74) is 11.1. The summed E-state index contributed by atoms with van der Waals surface area (Å²) >= 11 is 1.69. The van der Waals surface area contributed by atoms with Crippen LogP contribution in [0.1, 0.15) is 53.4 Å². The third-order valence-corrected chi connectivity index (χ3v) is 10.4. The fourth-order valence-electron chi connectivity index (χ4n) is 6.32. The maximum Gasteiger partial charge on any atom is 0.162 e. The minimum absolute atomic E-state index is 0. The zero-order valence-corrected chi connectivity index (χ0v) is 31.6. The van der Waals surface area contributed by atoms with Gasteiger partial charge in [0.25, 0.3) is 0 Å². The van der Waals surface area contributed by atoms with Gasteiger partial charge in [-0.25, -0.2) is 4.98 Å². The number of aliphatic hydroxyl groups is 1. The minimum atomic E-state index is 0. The van der Waals surface area contributed by atoms with Gasteiger partial charge in [-0.1, -0.05) is 82.3 Å². The number of carbonyl (C=O) groups excluding carboxylic acids is 1. The van der Waals surface area contributed by atoms with E-state index in [-0.39, 0.29) is 43.5 Å². The molecule has 7 rings (SSSR count). The Hall–Kier alpha value is -4.22. The number of rotatable bonds is 7. The van der Waals surface area contributed by atoms with E-state index >= 15 is 0 Å². The molecule has 4 nitrogen and oxygen atoms in total. The van der Waals surface area contributed by atoms with E-state index < -0.39 is 0 Å². The maximum absolute atomic E-state index is 11.7. The Balaban J connectivity index is 0.000000252. The molecule has 0 amide bonds. The molecular formula is C43H41IrN2O2S-. The average Bonchev–Trinajstić information content (AvgIpc) is 3.58. The maximum atomic E-state index is 11.7. The van der Waals surface area contributed by atoms with Crippen LogP contribution in [0.25, 0.3) is 65.4 Å². The number of hydrogen-bond donors (Lipinski definition) is 1. The first-order valence-electron chi connectivity index (χ1n) is 17.0. The van der Waals surface area contributed by atoms with Gasteiger partial charge in [-0.05, 0) is 77.8 Å². The normalized spacial score (nSPS) is 11.7. The van der Waals surface area contributed by atoms with E-state index in [1.54, 1.807) is 11.3 Å². The largest absolute Gasteiger partial charge is 0.512 e. The van der Waals surface area contributed by atoms with Gasteiger partial charge < -0.3 is 10.1 Å². The molecule has 2 aromatic heterocycles. The van der Waals surface area contributed by atoms with Crippen LogP contribution < -0.4 is 0 Å². The van der Waals surface area contributed by atoms with E-state index in [1.807, 2.05) is 46.0 Å². The average molecular weight is 842 g/mol. The van der Waals surface area contributed by atoms with Gasteiger partial charge in [0.05, 0.1) is 11.3 Å². The third-order valence-electron chi connectivity index (χ3n) is 9.28. The molecule has 0 aliphatic carbocycles. The number of aliphatic hydroxyl groups excluding tert-OH is 1. The molecule has 1 N–H and O–H groups in total. The summed E-state index contributed by atoms with van der Waals surface area (Å²) in [4.78, 5) is 21.4. The van der Waals surface area contributed by atoms with Gasteiger partial charge in [0.15, 0.2) is 5.78 Å². The number of ketones is 1. The first kappa shape index (κ1) is 36.1. The molecule has 1 aliphatic rings. The molecule has 1 radical (unpaired) electrons. The van der Waals surface area contributed by atoms with E-state index in [4.69, 9.17) is 9.97 Å². The van der Waals surface area contributed by atoms with Crippen LogP contribution in [0.3, 0.4) is 0 Å². The van der Waals surface area contributed by atoms with Crippen LogP contribution in [0.5, 0.6) is 0 Å². The van der Waals surface area contributed by atoms with Crippen molar-refractivity contribution in [3.63, 3.8) is 0 Å². The molecule has 0 fully saturated rings. The summed E-state index contributed by atoms with van der Waals surface area (Å²) in [5.74, 6) is 0.547. The van der Waals surface area contributed by atoms with Gasteiger partial charge in [-0.2, -0.15) is 0 Å².